The summed E-state index contributed by atoms with van der Waals surface area (Å²) in [5.74, 6) is 0.753. The highest BCUT2D eigenvalue weighted by Gasteiger charge is 2.28. The maximum Gasteiger partial charge on any atom is 0.293 e. The molecular weight excluding hydrogens is 208 g/mol. The summed E-state index contributed by atoms with van der Waals surface area (Å²) >= 11 is 0. The van der Waals surface area contributed by atoms with Crippen LogP contribution >= 0.6 is 0 Å². The molecule has 6 heteroatoms. The maximum absolute atomic E-state index is 12.0. The number of hydrogen-bond donors (Lipinski definition) is 1. The number of morpholine rings is 1. The third kappa shape index (κ3) is 2.21. The first-order valence-electron chi connectivity index (χ1n) is 5.40. The number of carbonyl (C=O) groups is 1. The molecule has 0 aliphatic carbocycles. The Labute approximate surface area is 94.0 Å². The van der Waals surface area contributed by atoms with Crippen LogP contribution in [0.4, 0.5) is 0 Å². The first-order chi connectivity index (χ1) is 7.56. The number of amides is 1. The van der Waals surface area contributed by atoms with E-state index in [1.807, 2.05) is 13.8 Å². The molecule has 2 unspecified atom stereocenters. The van der Waals surface area contributed by atoms with Crippen molar-refractivity contribution >= 4 is 5.91 Å². The molecule has 2 rings (SSSR count). The second-order valence-electron chi connectivity index (χ2n) is 4.21. The average molecular weight is 224 g/mol. The monoisotopic (exact) mass is 224 g/mol. The molecule has 1 saturated heterocycles. The fraction of sp³-hybridized carbons (Fsp3) is 0.700. The molecule has 0 saturated carbocycles. The Morgan fingerprint density at radius 1 is 1.44 bits per heavy atom. The van der Waals surface area contributed by atoms with E-state index in [2.05, 4.69) is 15.2 Å². The summed E-state index contributed by atoms with van der Waals surface area (Å²) < 4.78 is 5.57. The molecule has 0 spiro atoms. The standard InChI is InChI=1S/C10H16N4O2/c1-6-4-14(5-7(2)16-6)10(15)9-11-8(3)12-13-9/h6-7H,4-5H2,1-3H3,(H,11,12,13). The lowest BCUT2D eigenvalue weighted by Crippen LogP contribution is -2.48. The molecule has 1 aliphatic rings. The van der Waals surface area contributed by atoms with Crippen LogP contribution in [0, 0.1) is 6.92 Å². The van der Waals surface area contributed by atoms with Crippen molar-refractivity contribution in [1.82, 2.24) is 20.1 Å². The van der Waals surface area contributed by atoms with Crippen LogP contribution < -0.4 is 0 Å². The van der Waals surface area contributed by atoms with Crippen LogP contribution in [0.2, 0.25) is 0 Å². The number of aryl methyl sites for hydroxylation is 1. The van der Waals surface area contributed by atoms with Gasteiger partial charge in [-0.05, 0) is 20.8 Å². The van der Waals surface area contributed by atoms with Gasteiger partial charge in [0.15, 0.2) is 0 Å². The largest absolute Gasteiger partial charge is 0.372 e. The van der Waals surface area contributed by atoms with E-state index >= 15 is 0 Å². The second-order valence-corrected chi connectivity index (χ2v) is 4.21. The van der Waals surface area contributed by atoms with Crippen LogP contribution in [0.25, 0.3) is 0 Å². The predicted octanol–water partition coefficient (Wildman–Crippen LogP) is 0.363. The Balaban J connectivity index is 2.09. The molecule has 1 aromatic heterocycles. The Kier molecular flexibility index (Phi) is 2.91. The topological polar surface area (TPSA) is 71.1 Å². The zero-order valence-corrected chi connectivity index (χ0v) is 9.73. The van der Waals surface area contributed by atoms with Crippen LogP contribution in [0.1, 0.15) is 30.3 Å². The molecule has 2 atom stereocenters. The molecule has 1 amide bonds. The lowest BCUT2D eigenvalue weighted by atomic mass is 10.2. The van der Waals surface area contributed by atoms with Crippen molar-refractivity contribution in [3.8, 4) is 0 Å². The summed E-state index contributed by atoms with van der Waals surface area (Å²) in [5, 5.41) is 6.54. The van der Waals surface area contributed by atoms with E-state index in [1.165, 1.54) is 0 Å². The summed E-state index contributed by atoms with van der Waals surface area (Å²) in [6, 6.07) is 0. The number of nitrogens with one attached hydrogen (secondary N) is 1. The van der Waals surface area contributed by atoms with Gasteiger partial charge in [-0.15, -0.1) is 5.10 Å². The normalized spacial score (nSPS) is 25.8. The Morgan fingerprint density at radius 2 is 2.06 bits per heavy atom. The fourth-order valence-electron chi connectivity index (χ4n) is 1.92. The van der Waals surface area contributed by atoms with Gasteiger partial charge in [0.25, 0.3) is 5.91 Å². The lowest BCUT2D eigenvalue weighted by Gasteiger charge is -2.34. The van der Waals surface area contributed by atoms with Crippen LogP contribution in [0.5, 0.6) is 0 Å². The number of hydrogen-bond acceptors (Lipinski definition) is 4. The molecule has 0 bridgehead atoms. The van der Waals surface area contributed by atoms with Gasteiger partial charge in [0.2, 0.25) is 5.82 Å². The molecule has 1 aromatic rings. The molecule has 0 radical (unpaired) electrons. The summed E-state index contributed by atoms with van der Waals surface area (Å²) in [5.41, 5.74) is 0. The Hall–Kier alpha value is -1.43. The SMILES string of the molecule is Cc1nc(C(=O)N2CC(C)OC(C)C2)n[nH]1. The van der Waals surface area contributed by atoms with Gasteiger partial charge in [0, 0.05) is 13.1 Å². The number of rotatable bonds is 1. The van der Waals surface area contributed by atoms with E-state index in [1.54, 1.807) is 11.8 Å². The van der Waals surface area contributed by atoms with E-state index < -0.39 is 0 Å². The highest BCUT2D eigenvalue weighted by atomic mass is 16.5. The fourth-order valence-corrected chi connectivity index (χ4v) is 1.92. The van der Waals surface area contributed by atoms with Crippen LogP contribution in [0.15, 0.2) is 0 Å². The molecule has 88 valence electrons. The summed E-state index contributed by atoms with van der Waals surface area (Å²) in [6.07, 6.45) is 0.125. The first kappa shape index (κ1) is 11.1. The predicted molar refractivity (Wildman–Crippen MR) is 57.0 cm³/mol. The third-order valence-electron chi connectivity index (χ3n) is 2.50. The van der Waals surface area contributed by atoms with E-state index in [0.717, 1.165) is 0 Å². The molecule has 16 heavy (non-hydrogen) atoms. The van der Waals surface area contributed by atoms with Crippen LogP contribution in [-0.2, 0) is 4.74 Å². The van der Waals surface area contributed by atoms with E-state index in [-0.39, 0.29) is 23.9 Å². The third-order valence-corrected chi connectivity index (χ3v) is 2.50. The minimum atomic E-state index is -0.133. The van der Waals surface area contributed by atoms with Gasteiger partial charge in [-0.2, -0.15) is 0 Å². The smallest absolute Gasteiger partial charge is 0.293 e. The first-order valence-corrected chi connectivity index (χ1v) is 5.40. The molecule has 6 nitrogen and oxygen atoms in total. The maximum atomic E-state index is 12.0. The van der Waals surface area contributed by atoms with Crippen molar-refractivity contribution in [3.05, 3.63) is 11.6 Å². The van der Waals surface area contributed by atoms with Gasteiger partial charge in [-0.3, -0.25) is 9.89 Å². The number of aromatic nitrogens is 3. The van der Waals surface area contributed by atoms with Crippen LogP contribution in [-0.4, -0.2) is 51.3 Å². The zero-order valence-electron chi connectivity index (χ0n) is 9.73. The molecule has 1 N–H and O–H groups in total. The van der Waals surface area contributed by atoms with Crippen molar-refractivity contribution in [3.63, 3.8) is 0 Å². The van der Waals surface area contributed by atoms with E-state index in [4.69, 9.17) is 4.74 Å². The van der Waals surface area contributed by atoms with E-state index in [9.17, 15) is 4.79 Å². The highest BCUT2D eigenvalue weighted by Crippen LogP contribution is 2.12. The van der Waals surface area contributed by atoms with Crippen molar-refractivity contribution in [2.75, 3.05) is 13.1 Å². The van der Waals surface area contributed by atoms with Gasteiger partial charge < -0.3 is 9.64 Å². The number of ether oxygens (including phenoxy) is 1. The van der Waals surface area contributed by atoms with Gasteiger partial charge in [0.1, 0.15) is 5.82 Å². The number of aromatic amines is 1. The average Bonchev–Trinajstić information content (AvgIpc) is 2.62. The molecule has 2 heterocycles. The van der Waals surface area contributed by atoms with Gasteiger partial charge in [-0.1, -0.05) is 0 Å². The van der Waals surface area contributed by atoms with Crippen LogP contribution in [0.3, 0.4) is 0 Å². The summed E-state index contributed by atoms with van der Waals surface area (Å²) in [4.78, 5) is 17.8. The lowest BCUT2D eigenvalue weighted by molar-refractivity contribution is -0.0588. The van der Waals surface area contributed by atoms with E-state index in [0.29, 0.717) is 18.9 Å². The van der Waals surface area contributed by atoms with Gasteiger partial charge in [-0.25, -0.2) is 4.98 Å². The minimum Gasteiger partial charge on any atom is -0.372 e. The summed E-state index contributed by atoms with van der Waals surface area (Å²) in [6.45, 7) is 6.88. The number of carbonyl (C=O) groups excluding carboxylic acids is 1. The van der Waals surface area contributed by atoms with Crippen molar-refractivity contribution in [2.24, 2.45) is 0 Å². The van der Waals surface area contributed by atoms with Crippen molar-refractivity contribution < 1.29 is 9.53 Å². The minimum absolute atomic E-state index is 0.0627. The number of H-pyrrole nitrogens is 1. The van der Waals surface area contributed by atoms with Gasteiger partial charge >= 0.3 is 0 Å². The summed E-state index contributed by atoms with van der Waals surface area (Å²) in [7, 11) is 0. The van der Waals surface area contributed by atoms with Gasteiger partial charge in [0.05, 0.1) is 12.2 Å². The molecule has 1 aliphatic heterocycles. The zero-order chi connectivity index (χ0) is 11.7. The molecule has 0 aromatic carbocycles. The molecular formula is C10H16N4O2. The second kappa shape index (κ2) is 4.21. The van der Waals surface area contributed by atoms with Crippen molar-refractivity contribution in [1.29, 1.82) is 0 Å². The molecule has 1 fully saturated rings. The quantitative estimate of drug-likeness (QED) is 0.747. The highest BCUT2D eigenvalue weighted by molar-refractivity contribution is 5.90. The number of nitrogens with zero attached hydrogens (tertiary/aromatic N) is 3. The Bertz CT molecular complexity index is 380. The Morgan fingerprint density at radius 3 is 2.56 bits per heavy atom. The van der Waals surface area contributed by atoms with Crippen molar-refractivity contribution in [2.45, 2.75) is 33.0 Å².